The summed E-state index contributed by atoms with van der Waals surface area (Å²) in [6.45, 7) is 0. The standard InChI is InChI=1S/C24H23N3O4S/c1-27(32(28,29)19-7-5-4-6-8-19)18-11-9-17(10-12-18)26-21-13-14-25-22-16-24(31-3)23(30-2)15-20(21)22/h4-16H,1-3H3,(H,25,26). The van der Waals surface area contributed by atoms with Crippen LogP contribution in [0, 0.1) is 0 Å². The van der Waals surface area contributed by atoms with Crippen molar-refractivity contribution in [2.45, 2.75) is 4.90 Å². The van der Waals surface area contributed by atoms with Crippen LogP contribution in [0.1, 0.15) is 0 Å². The molecule has 0 unspecified atom stereocenters. The Hall–Kier alpha value is -3.78. The fourth-order valence-electron chi connectivity index (χ4n) is 3.38. The molecular formula is C24H23N3O4S. The van der Waals surface area contributed by atoms with Crippen molar-refractivity contribution in [1.29, 1.82) is 0 Å². The first-order valence-electron chi connectivity index (χ1n) is 9.86. The van der Waals surface area contributed by atoms with Crippen molar-refractivity contribution in [3.05, 3.63) is 79.0 Å². The fourth-order valence-corrected chi connectivity index (χ4v) is 4.60. The highest BCUT2D eigenvalue weighted by Gasteiger charge is 2.20. The molecule has 0 amide bonds. The third-order valence-corrected chi connectivity index (χ3v) is 6.96. The van der Waals surface area contributed by atoms with Crippen LogP contribution in [0.2, 0.25) is 0 Å². The third kappa shape index (κ3) is 4.04. The van der Waals surface area contributed by atoms with Gasteiger partial charge in [0.15, 0.2) is 11.5 Å². The maximum Gasteiger partial charge on any atom is 0.264 e. The largest absolute Gasteiger partial charge is 0.493 e. The normalized spacial score (nSPS) is 11.2. The quantitative estimate of drug-likeness (QED) is 0.436. The van der Waals surface area contributed by atoms with Gasteiger partial charge in [0.1, 0.15) is 0 Å². The SMILES string of the molecule is COc1cc2nccc(Nc3ccc(N(C)S(=O)(=O)c4ccccc4)cc3)c2cc1OC. The summed E-state index contributed by atoms with van der Waals surface area (Å²) in [5.41, 5.74) is 2.97. The minimum Gasteiger partial charge on any atom is -0.493 e. The molecular weight excluding hydrogens is 426 g/mol. The summed E-state index contributed by atoms with van der Waals surface area (Å²) in [4.78, 5) is 4.66. The number of nitrogens with zero attached hydrogens (tertiary/aromatic N) is 2. The number of fused-ring (bicyclic) bond motifs is 1. The van der Waals surface area contributed by atoms with E-state index in [0.29, 0.717) is 17.2 Å². The van der Waals surface area contributed by atoms with Gasteiger partial charge in [0, 0.05) is 36.1 Å². The minimum atomic E-state index is -3.63. The summed E-state index contributed by atoms with van der Waals surface area (Å²) in [5, 5.41) is 4.24. The topological polar surface area (TPSA) is 80.8 Å². The molecule has 7 nitrogen and oxygen atoms in total. The van der Waals surface area contributed by atoms with E-state index in [9.17, 15) is 8.42 Å². The van der Waals surface area contributed by atoms with E-state index in [2.05, 4.69) is 10.3 Å². The van der Waals surface area contributed by atoms with E-state index >= 15 is 0 Å². The first kappa shape index (κ1) is 21.5. The van der Waals surface area contributed by atoms with Crippen LogP contribution in [0.25, 0.3) is 10.9 Å². The monoisotopic (exact) mass is 449 g/mol. The first-order chi connectivity index (χ1) is 15.4. The minimum absolute atomic E-state index is 0.248. The maximum absolute atomic E-state index is 12.8. The van der Waals surface area contributed by atoms with E-state index in [1.54, 1.807) is 69.9 Å². The van der Waals surface area contributed by atoms with Crippen molar-refractivity contribution in [1.82, 2.24) is 4.98 Å². The Morgan fingerprint density at radius 3 is 2.19 bits per heavy atom. The summed E-state index contributed by atoms with van der Waals surface area (Å²) in [6, 6.07) is 21.1. The fraction of sp³-hybridized carbons (Fsp3) is 0.125. The lowest BCUT2D eigenvalue weighted by atomic mass is 10.1. The van der Waals surface area contributed by atoms with Crippen LogP contribution in [0.5, 0.6) is 11.5 Å². The number of hydrogen-bond donors (Lipinski definition) is 1. The Bertz CT molecular complexity index is 1340. The van der Waals surface area contributed by atoms with E-state index in [1.807, 2.05) is 30.3 Å². The molecule has 1 heterocycles. The number of sulfonamides is 1. The Balaban J connectivity index is 1.61. The Morgan fingerprint density at radius 2 is 1.53 bits per heavy atom. The number of nitrogens with one attached hydrogen (secondary N) is 1. The van der Waals surface area contributed by atoms with Gasteiger partial charge in [-0.2, -0.15) is 0 Å². The van der Waals surface area contributed by atoms with Gasteiger partial charge in [0.05, 0.1) is 30.3 Å². The molecule has 1 N–H and O–H groups in total. The van der Waals surface area contributed by atoms with Crippen LogP contribution < -0.4 is 19.1 Å². The Labute approximate surface area is 187 Å². The van der Waals surface area contributed by atoms with Crippen molar-refractivity contribution >= 4 is 38.0 Å². The molecule has 0 bridgehead atoms. The summed E-state index contributed by atoms with van der Waals surface area (Å²) in [7, 11) is 1.09. The Kier molecular flexibility index (Phi) is 5.87. The lowest BCUT2D eigenvalue weighted by molar-refractivity contribution is 0.356. The van der Waals surface area contributed by atoms with Gasteiger partial charge < -0.3 is 14.8 Å². The smallest absolute Gasteiger partial charge is 0.264 e. The second-order valence-corrected chi connectivity index (χ2v) is 9.01. The number of benzene rings is 3. The predicted octanol–water partition coefficient (Wildman–Crippen LogP) is 4.82. The molecule has 0 aliphatic carbocycles. The van der Waals surface area contributed by atoms with E-state index < -0.39 is 10.0 Å². The van der Waals surface area contributed by atoms with Crippen LogP contribution >= 0.6 is 0 Å². The van der Waals surface area contributed by atoms with Crippen LogP contribution in [0.3, 0.4) is 0 Å². The molecule has 0 aliphatic rings. The van der Waals surface area contributed by atoms with E-state index in [0.717, 1.165) is 22.3 Å². The predicted molar refractivity (Wildman–Crippen MR) is 127 cm³/mol. The van der Waals surface area contributed by atoms with Crippen LogP contribution in [0.15, 0.2) is 83.9 Å². The van der Waals surface area contributed by atoms with Gasteiger partial charge in [0.25, 0.3) is 10.0 Å². The van der Waals surface area contributed by atoms with Gasteiger partial charge in [0.2, 0.25) is 0 Å². The molecule has 0 aliphatic heterocycles. The molecule has 4 aromatic rings. The van der Waals surface area contributed by atoms with Crippen molar-refractivity contribution < 1.29 is 17.9 Å². The average Bonchev–Trinajstić information content (AvgIpc) is 2.84. The zero-order chi connectivity index (χ0) is 22.7. The number of ether oxygens (including phenoxy) is 2. The number of methoxy groups -OCH3 is 2. The summed E-state index contributed by atoms with van der Waals surface area (Å²) in [6.07, 6.45) is 1.71. The Morgan fingerprint density at radius 1 is 0.875 bits per heavy atom. The van der Waals surface area contributed by atoms with Crippen molar-refractivity contribution in [3.8, 4) is 11.5 Å². The average molecular weight is 450 g/mol. The summed E-state index contributed by atoms with van der Waals surface area (Å²) in [5.74, 6) is 1.22. The molecule has 164 valence electrons. The number of rotatable bonds is 7. The highest BCUT2D eigenvalue weighted by molar-refractivity contribution is 7.92. The number of hydrogen-bond acceptors (Lipinski definition) is 6. The van der Waals surface area contributed by atoms with Gasteiger partial charge in [-0.05, 0) is 48.5 Å². The zero-order valence-electron chi connectivity index (χ0n) is 17.9. The molecule has 0 saturated carbocycles. The van der Waals surface area contributed by atoms with Gasteiger partial charge in [-0.1, -0.05) is 18.2 Å². The molecule has 0 spiro atoms. The molecule has 4 rings (SSSR count). The van der Waals surface area contributed by atoms with E-state index in [-0.39, 0.29) is 4.90 Å². The van der Waals surface area contributed by atoms with Gasteiger partial charge in [-0.25, -0.2) is 8.42 Å². The lowest BCUT2D eigenvalue weighted by Gasteiger charge is -2.20. The van der Waals surface area contributed by atoms with Crippen LogP contribution in [-0.4, -0.2) is 34.7 Å². The zero-order valence-corrected chi connectivity index (χ0v) is 18.8. The van der Waals surface area contributed by atoms with E-state index in [4.69, 9.17) is 9.47 Å². The highest BCUT2D eigenvalue weighted by atomic mass is 32.2. The van der Waals surface area contributed by atoms with Crippen molar-refractivity contribution in [2.75, 3.05) is 30.9 Å². The number of pyridine rings is 1. The molecule has 1 aromatic heterocycles. The molecule has 3 aromatic carbocycles. The van der Waals surface area contributed by atoms with Crippen molar-refractivity contribution in [3.63, 3.8) is 0 Å². The van der Waals surface area contributed by atoms with Gasteiger partial charge in [-0.3, -0.25) is 9.29 Å². The molecule has 32 heavy (non-hydrogen) atoms. The second-order valence-electron chi connectivity index (χ2n) is 7.04. The third-order valence-electron chi connectivity index (χ3n) is 5.16. The van der Waals surface area contributed by atoms with Crippen LogP contribution in [0.4, 0.5) is 17.1 Å². The van der Waals surface area contributed by atoms with Crippen LogP contribution in [-0.2, 0) is 10.0 Å². The van der Waals surface area contributed by atoms with Gasteiger partial charge >= 0.3 is 0 Å². The summed E-state index contributed by atoms with van der Waals surface area (Å²) >= 11 is 0. The number of aromatic nitrogens is 1. The van der Waals surface area contributed by atoms with E-state index in [1.165, 1.54) is 4.31 Å². The maximum atomic E-state index is 12.8. The van der Waals surface area contributed by atoms with Gasteiger partial charge in [-0.15, -0.1) is 0 Å². The molecule has 0 saturated heterocycles. The summed E-state index contributed by atoms with van der Waals surface area (Å²) < 4.78 is 37.7. The highest BCUT2D eigenvalue weighted by Crippen LogP contribution is 2.35. The first-order valence-corrected chi connectivity index (χ1v) is 11.3. The molecule has 0 atom stereocenters. The molecule has 0 fully saturated rings. The van der Waals surface area contributed by atoms with Crippen molar-refractivity contribution in [2.24, 2.45) is 0 Å². The second kappa shape index (κ2) is 8.76. The lowest BCUT2D eigenvalue weighted by Crippen LogP contribution is -2.26. The molecule has 0 radical (unpaired) electrons. The number of anilines is 3. The molecule has 8 heteroatoms.